The van der Waals surface area contributed by atoms with Crippen LogP contribution in [0.4, 0.5) is 11.4 Å². The first-order valence-electron chi connectivity index (χ1n) is 9.30. The lowest BCUT2D eigenvalue weighted by Crippen LogP contribution is -2.07. The molecule has 1 N–H and O–H groups in total. The lowest BCUT2D eigenvalue weighted by Gasteiger charge is -2.13. The fourth-order valence-electron chi connectivity index (χ4n) is 2.85. The fourth-order valence-corrected chi connectivity index (χ4v) is 2.85. The van der Waals surface area contributed by atoms with Gasteiger partial charge in [0, 0.05) is 29.8 Å². The van der Waals surface area contributed by atoms with E-state index < -0.39 is 32.8 Å². The van der Waals surface area contributed by atoms with Gasteiger partial charge in [0.05, 0.1) is 29.6 Å². The number of nitro benzene ring substituents is 2. The molecule has 30 heavy (non-hydrogen) atoms. The van der Waals surface area contributed by atoms with Crippen molar-refractivity contribution >= 4 is 17.2 Å². The van der Waals surface area contributed by atoms with E-state index in [2.05, 4.69) is 6.92 Å². The number of phenols is 1. The number of nitro groups is 2. The van der Waals surface area contributed by atoms with Gasteiger partial charge in [-0.3, -0.25) is 25.0 Å². The van der Waals surface area contributed by atoms with E-state index >= 15 is 0 Å². The molecule has 0 bridgehead atoms. The van der Waals surface area contributed by atoms with Crippen LogP contribution in [0.2, 0.25) is 0 Å². The summed E-state index contributed by atoms with van der Waals surface area (Å²) < 4.78 is 10.8. The highest BCUT2D eigenvalue weighted by Gasteiger charge is 2.25. The summed E-state index contributed by atoms with van der Waals surface area (Å²) in [6.07, 6.45) is 4.00. The molecular formula is C20H22N2O8. The number of non-ortho nitro benzene ring substituents is 2. The summed E-state index contributed by atoms with van der Waals surface area (Å²) in [5.74, 6) is -1.04. The number of ketones is 1. The van der Waals surface area contributed by atoms with E-state index in [0.717, 1.165) is 43.9 Å². The van der Waals surface area contributed by atoms with Crippen LogP contribution in [0.25, 0.3) is 0 Å². The molecule has 2 aromatic carbocycles. The molecule has 0 saturated carbocycles. The largest absolute Gasteiger partial charge is 0.507 e. The molecule has 0 aliphatic heterocycles. The summed E-state index contributed by atoms with van der Waals surface area (Å²) in [5, 5.41) is 32.5. The van der Waals surface area contributed by atoms with Gasteiger partial charge in [-0.2, -0.15) is 0 Å². The third-order valence-electron chi connectivity index (χ3n) is 4.35. The highest BCUT2D eigenvalue weighted by atomic mass is 16.6. The van der Waals surface area contributed by atoms with Gasteiger partial charge < -0.3 is 14.6 Å². The number of methoxy groups -OCH3 is 1. The minimum Gasteiger partial charge on any atom is -0.507 e. The maximum absolute atomic E-state index is 12.9. The number of rotatable bonds is 11. The zero-order valence-electron chi connectivity index (χ0n) is 16.6. The Hall–Kier alpha value is -3.69. The molecule has 0 radical (unpaired) electrons. The summed E-state index contributed by atoms with van der Waals surface area (Å²) in [6.45, 7) is 2.52. The maximum Gasteiger partial charge on any atom is 0.277 e. The molecule has 0 spiro atoms. The molecule has 0 heterocycles. The molecule has 0 unspecified atom stereocenters. The molecule has 0 saturated heterocycles. The van der Waals surface area contributed by atoms with E-state index in [1.807, 2.05) is 0 Å². The third kappa shape index (κ3) is 5.43. The lowest BCUT2D eigenvalue weighted by molar-refractivity contribution is -0.394. The average Bonchev–Trinajstić information content (AvgIpc) is 2.72. The molecule has 0 aliphatic carbocycles. The number of unbranched alkanes of at least 4 members (excludes halogenated alkanes) is 3. The highest BCUT2D eigenvalue weighted by Crippen LogP contribution is 2.36. The minimum absolute atomic E-state index is 0.0160. The van der Waals surface area contributed by atoms with Crippen LogP contribution in [0.3, 0.4) is 0 Å². The molecule has 2 aromatic rings. The van der Waals surface area contributed by atoms with E-state index in [1.54, 1.807) is 0 Å². The number of ether oxygens (including phenoxy) is 2. The number of benzene rings is 2. The van der Waals surface area contributed by atoms with Gasteiger partial charge in [0.1, 0.15) is 22.8 Å². The molecule has 10 nitrogen and oxygen atoms in total. The number of aromatic hydroxyl groups is 1. The standard InChI is InChI=1S/C20H22N2O8/c1-3-4-5-6-7-30-16-11-17(23)19(18(12-16)29-2)20(24)13-8-14(21(25)26)10-15(9-13)22(27)28/h8-12,23H,3-7H2,1-2H3. The van der Waals surface area contributed by atoms with Crippen molar-refractivity contribution in [1.82, 2.24) is 0 Å². The van der Waals surface area contributed by atoms with Gasteiger partial charge in [-0.25, -0.2) is 0 Å². The molecule has 160 valence electrons. The Bertz CT molecular complexity index is 926. The smallest absolute Gasteiger partial charge is 0.277 e. The molecule has 0 atom stereocenters. The Morgan fingerprint density at radius 2 is 1.63 bits per heavy atom. The van der Waals surface area contributed by atoms with Crippen molar-refractivity contribution < 1.29 is 29.2 Å². The Balaban J connectivity index is 2.37. The monoisotopic (exact) mass is 418 g/mol. The van der Waals surface area contributed by atoms with Gasteiger partial charge in [-0.15, -0.1) is 0 Å². The van der Waals surface area contributed by atoms with Crippen molar-refractivity contribution in [2.24, 2.45) is 0 Å². The van der Waals surface area contributed by atoms with Crippen LogP contribution in [0, 0.1) is 20.2 Å². The van der Waals surface area contributed by atoms with Crippen molar-refractivity contribution in [3.63, 3.8) is 0 Å². The predicted octanol–water partition coefficient (Wildman–Crippen LogP) is 4.41. The summed E-state index contributed by atoms with van der Waals surface area (Å²) in [6, 6.07) is 5.22. The van der Waals surface area contributed by atoms with Crippen molar-refractivity contribution in [1.29, 1.82) is 0 Å². The summed E-state index contributed by atoms with van der Waals surface area (Å²) in [4.78, 5) is 33.4. The summed E-state index contributed by atoms with van der Waals surface area (Å²) in [5.41, 5.74) is -1.82. The van der Waals surface area contributed by atoms with Crippen LogP contribution in [-0.4, -0.2) is 34.5 Å². The van der Waals surface area contributed by atoms with Crippen LogP contribution < -0.4 is 9.47 Å². The van der Waals surface area contributed by atoms with E-state index in [9.17, 15) is 30.1 Å². The zero-order valence-corrected chi connectivity index (χ0v) is 16.6. The van der Waals surface area contributed by atoms with Crippen LogP contribution in [-0.2, 0) is 0 Å². The number of carbonyl (C=O) groups is 1. The summed E-state index contributed by atoms with van der Waals surface area (Å²) >= 11 is 0. The normalized spacial score (nSPS) is 10.5. The molecule has 2 rings (SSSR count). The minimum atomic E-state index is -0.856. The number of hydrogen-bond acceptors (Lipinski definition) is 8. The number of phenolic OH excluding ortho intramolecular Hbond substituents is 1. The summed E-state index contributed by atoms with van der Waals surface area (Å²) in [7, 11) is 1.28. The van der Waals surface area contributed by atoms with Crippen LogP contribution >= 0.6 is 0 Å². The SMILES string of the molecule is CCCCCCOc1cc(O)c(C(=O)c2cc([N+](=O)[O-])cc([N+](=O)[O-])c2)c(OC)c1. The Labute approximate surface area is 172 Å². The first kappa shape index (κ1) is 22.6. The maximum atomic E-state index is 12.9. The van der Waals surface area contributed by atoms with Crippen molar-refractivity contribution in [3.8, 4) is 17.2 Å². The zero-order chi connectivity index (χ0) is 22.3. The Kier molecular flexibility index (Phi) is 7.68. The van der Waals surface area contributed by atoms with Crippen LogP contribution in [0.5, 0.6) is 17.2 Å². The number of hydrogen-bond donors (Lipinski definition) is 1. The van der Waals surface area contributed by atoms with Crippen LogP contribution in [0.1, 0.15) is 48.5 Å². The third-order valence-corrected chi connectivity index (χ3v) is 4.35. The second-order valence-corrected chi connectivity index (χ2v) is 6.51. The number of nitrogens with zero attached hydrogens (tertiary/aromatic N) is 2. The average molecular weight is 418 g/mol. The molecule has 0 amide bonds. The second-order valence-electron chi connectivity index (χ2n) is 6.51. The molecule has 0 fully saturated rings. The topological polar surface area (TPSA) is 142 Å². The van der Waals surface area contributed by atoms with E-state index in [0.29, 0.717) is 12.4 Å². The first-order valence-corrected chi connectivity index (χ1v) is 9.30. The first-order chi connectivity index (χ1) is 14.3. The van der Waals surface area contributed by atoms with Crippen molar-refractivity contribution in [2.75, 3.05) is 13.7 Å². The van der Waals surface area contributed by atoms with Gasteiger partial charge in [-0.05, 0) is 6.42 Å². The number of carbonyl (C=O) groups excluding carboxylic acids is 1. The Morgan fingerprint density at radius 1 is 1.00 bits per heavy atom. The van der Waals surface area contributed by atoms with Gasteiger partial charge in [0.25, 0.3) is 11.4 Å². The van der Waals surface area contributed by atoms with Gasteiger partial charge in [0.15, 0.2) is 0 Å². The van der Waals surface area contributed by atoms with E-state index in [-0.39, 0.29) is 16.9 Å². The van der Waals surface area contributed by atoms with E-state index in [1.165, 1.54) is 19.2 Å². The van der Waals surface area contributed by atoms with Crippen molar-refractivity contribution in [3.05, 3.63) is 61.7 Å². The molecular weight excluding hydrogens is 396 g/mol. The highest BCUT2D eigenvalue weighted by molar-refractivity contribution is 6.13. The fraction of sp³-hybridized carbons (Fsp3) is 0.350. The second kappa shape index (κ2) is 10.2. The van der Waals surface area contributed by atoms with E-state index in [4.69, 9.17) is 9.47 Å². The van der Waals surface area contributed by atoms with Gasteiger partial charge in [-0.1, -0.05) is 26.2 Å². The molecule has 0 aromatic heterocycles. The van der Waals surface area contributed by atoms with Gasteiger partial charge >= 0.3 is 0 Å². The lowest BCUT2D eigenvalue weighted by atomic mass is 10.00. The van der Waals surface area contributed by atoms with Crippen LogP contribution in [0.15, 0.2) is 30.3 Å². The Morgan fingerprint density at radius 3 is 2.17 bits per heavy atom. The quantitative estimate of drug-likeness (QED) is 0.245. The molecule has 0 aliphatic rings. The molecule has 10 heteroatoms. The predicted molar refractivity (Wildman–Crippen MR) is 107 cm³/mol. The van der Waals surface area contributed by atoms with Crippen molar-refractivity contribution in [2.45, 2.75) is 32.6 Å². The van der Waals surface area contributed by atoms with Gasteiger partial charge in [0.2, 0.25) is 5.78 Å².